The Morgan fingerprint density at radius 3 is 2.48 bits per heavy atom. The Bertz CT molecular complexity index is 633. The molecule has 0 saturated heterocycles. The largest absolute Gasteiger partial charge is 0.385 e. The van der Waals surface area contributed by atoms with Gasteiger partial charge in [-0.25, -0.2) is 0 Å². The van der Waals surface area contributed by atoms with Crippen molar-refractivity contribution < 1.29 is 4.92 Å². The highest BCUT2D eigenvalue weighted by molar-refractivity contribution is 5.76. The van der Waals surface area contributed by atoms with Crippen LogP contribution in [-0.2, 0) is 0 Å². The summed E-state index contributed by atoms with van der Waals surface area (Å²) in [6, 6.07) is 14.6. The van der Waals surface area contributed by atoms with Gasteiger partial charge in [0, 0.05) is 24.4 Å². The molecule has 2 aromatic rings. The minimum Gasteiger partial charge on any atom is -0.385 e. The van der Waals surface area contributed by atoms with Gasteiger partial charge in [-0.3, -0.25) is 10.1 Å². The summed E-state index contributed by atoms with van der Waals surface area (Å²) >= 11 is 0. The lowest BCUT2D eigenvalue weighted by molar-refractivity contribution is -0.384. The number of nitrogens with zero attached hydrogens (tertiary/aromatic N) is 1. The second-order valence-electron chi connectivity index (χ2n) is 4.70. The van der Waals surface area contributed by atoms with Gasteiger partial charge in [-0.1, -0.05) is 37.3 Å². The third kappa shape index (κ3) is 4.18. The van der Waals surface area contributed by atoms with E-state index in [4.69, 9.17) is 0 Å². The van der Waals surface area contributed by atoms with Gasteiger partial charge in [-0.2, -0.15) is 0 Å². The SMILES string of the molecule is CCCNc1ccccc1C=Cc1ccc([N+](=O)[O-])cc1. The predicted octanol–water partition coefficient (Wildman–Crippen LogP) is 4.59. The fourth-order valence-electron chi connectivity index (χ4n) is 1.96. The summed E-state index contributed by atoms with van der Waals surface area (Å²) in [6.07, 6.45) is 5.04. The fourth-order valence-corrected chi connectivity index (χ4v) is 1.96. The molecule has 2 aromatic carbocycles. The maximum atomic E-state index is 10.6. The van der Waals surface area contributed by atoms with Crippen LogP contribution in [-0.4, -0.2) is 11.5 Å². The Morgan fingerprint density at radius 2 is 1.81 bits per heavy atom. The lowest BCUT2D eigenvalue weighted by Crippen LogP contribution is -2.00. The van der Waals surface area contributed by atoms with E-state index >= 15 is 0 Å². The molecule has 1 N–H and O–H groups in total. The van der Waals surface area contributed by atoms with E-state index in [2.05, 4.69) is 12.2 Å². The van der Waals surface area contributed by atoms with E-state index < -0.39 is 4.92 Å². The topological polar surface area (TPSA) is 55.2 Å². The van der Waals surface area contributed by atoms with Crippen LogP contribution in [0.25, 0.3) is 12.2 Å². The smallest absolute Gasteiger partial charge is 0.269 e. The fraction of sp³-hybridized carbons (Fsp3) is 0.176. The minimum atomic E-state index is -0.391. The van der Waals surface area contributed by atoms with Crippen LogP contribution < -0.4 is 5.32 Å². The van der Waals surface area contributed by atoms with Gasteiger partial charge in [-0.15, -0.1) is 0 Å². The van der Waals surface area contributed by atoms with Gasteiger partial charge in [0.1, 0.15) is 0 Å². The van der Waals surface area contributed by atoms with Crippen LogP contribution in [0.1, 0.15) is 24.5 Å². The molecule has 0 unspecified atom stereocenters. The maximum absolute atomic E-state index is 10.6. The van der Waals surface area contributed by atoms with Crippen LogP contribution in [0.2, 0.25) is 0 Å². The average molecular weight is 282 g/mol. The van der Waals surface area contributed by atoms with Crippen LogP contribution in [0.15, 0.2) is 48.5 Å². The number of nitro benzene ring substituents is 1. The first-order chi connectivity index (χ1) is 10.2. The van der Waals surface area contributed by atoms with Crippen LogP contribution in [0.3, 0.4) is 0 Å². The predicted molar refractivity (Wildman–Crippen MR) is 87.2 cm³/mol. The summed E-state index contributed by atoms with van der Waals surface area (Å²) in [5.41, 5.74) is 3.24. The van der Waals surface area contributed by atoms with Gasteiger partial charge >= 0.3 is 0 Å². The summed E-state index contributed by atoms with van der Waals surface area (Å²) in [4.78, 5) is 10.2. The van der Waals surface area contributed by atoms with E-state index in [1.165, 1.54) is 12.1 Å². The van der Waals surface area contributed by atoms with Crippen LogP contribution in [0.5, 0.6) is 0 Å². The number of non-ortho nitro benzene ring substituents is 1. The molecule has 0 aliphatic heterocycles. The Morgan fingerprint density at radius 1 is 1.10 bits per heavy atom. The number of para-hydroxylation sites is 1. The van der Waals surface area contributed by atoms with E-state index in [0.29, 0.717) is 0 Å². The maximum Gasteiger partial charge on any atom is 0.269 e. The zero-order valence-electron chi connectivity index (χ0n) is 12.0. The summed E-state index contributed by atoms with van der Waals surface area (Å²) < 4.78 is 0. The molecule has 0 heterocycles. The van der Waals surface area contributed by atoms with E-state index in [0.717, 1.165) is 29.8 Å². The van der Waals surface area contributed by atoms with Crippen molar-refractivity contribution in [1.82, 2.24) is 0 Å². The van der Waals surface area contributed by atoms with Gasteiger partial charge in [-0.05, 0) is 35.7 Å². The molecule has 0 atom stereocenters. The van der Waals surface area contributed by atoms with Gasteiger partial charge in [0.05, 0.1) is 4.92 Å². The molecule has 0 fully saturated rings. The molecule has 0 radical (unpaired) electrons. The van der Waals surface area contributed by atoms with Crippen molar-refractivity contribution in [3.63, 3.8) is 0 Å². The van der Waals surface area contributed by atoms with Crippen molar-refractivity contribution in [2.24, 2.45) is 0 Å². The van der Waals surface area contributed by atoms with Crippen LogP contribution >= 0.6 is 0 Å². The zero-order valence-corrected chi connectivity index (χ0v) is 12.0. The number of nitro groups is 1. The zero-order chi connectivity index (χ0) is 15.1. The number of benzene rings is 2. The molecule has 0 bridgehead atoms. The number of anilines is 1. The third-order valence-corrected chi connectivity index (χ3v) is 3.09. The molecule has 108 valence electrons. The molecule has 21 heavy (non-hydrogen) atoms. The molecule has 0 aliphatic rings. The van der Waals surface area contributed by atoms with Gasteiger partial charge in [0.15, 0.2) is 0 Å². The normalized spacial score (nSPS) is 10.7. The Labute approximate surface area is 124 Å². The number of nitrogens with one attached hydrogen (secondary N) is 1. The second-order valence-corrected chi connectivity index (χ2v) is 4.70. The lowest BCUT2D eigenvalue weighted by atomic mass is 10.1. The number of hydrogen-bond donors (Lipinski definition) is 1. The van der Waals surface area contributed by atoms with Gasteiger partial charge in [0.2, 0.25) is 0 Å². The van der Waals surface area contributed by atoms with Crippen LogP contribution in [0, 0.1) is 10.1 Å². The first kappa shape index (κ1) is 14.8. The summed E-state index contributed by atoms with van der Waals surface area (Å²) in [6.45, 7) is 3.06. The van der Waals surface area contributed by atoms with Gasteiger partial charge < -0.3 is 5.32 Å². The lowest BCUT2D eigenvalue weighted by Gasteiger charge is -2.08. The minimum absolute atomic E-state index is 0.108. The molecule has 0 spiro atoms. The number of hydrogen-bond acceptors (Lipinski definition) is 3. The first-order valence-corrected chi connectivity index (χ1v) is 6.96. The highest BCUT2D eigenvalue weighted by Gasteiger charge is 2.02. The van der Waals surface area contributed by atoms with Gasteiger partial charge in [0.25, 0.3) is 5.69 Å². The van der Waals surface area contributed by atoms with E-state index in [-0.39, 0.29) is 5.69 Å². The van der Waals surface area contributed by atoms with Crippen molar-refractivity contribution in [3.05, 3.63) is 69.8 Å². The quantitative estimate of drug-likeness (QED) is 0.479. The molecule has 2 rings (SSSR count). The monoisotopic (exact) mass is 282 g/mol. The summed E-state index contributed by atoms with van der Waals surface area (Å²) in [5.74, 6) is 0. The Hall–Kier alpha value is -2.62. The summed E-state index contributed by atoms with van der Waals surface area (Å²) in [7, 11) is 0. The average Bonchev–Trinajstić information content (AvgIpc) is 2.52. The molecule has 0 saturated carbocycles. The highest BCUT2D eigenvalue weighted by Crippen LogP contribution is 2.19. The molecule has 4 heteroatoms. The molecule has 0 amide bonds. The molecular weight excluding hydrogens is 264 g/mol. The highest BCUT2D eigenvalue weighted by atomic mass is 16.6. The molecule has 0 aromatic heterocycles. The number of rotatable bonds is 6. The Kier molecular flexibility index (Phi) is 5.10. The first-order valence-electron chi connectivity index (χ1n) is 6.96. The van der Waals surface area contributed by atoms with E-state index in [1.54, 1.807) is 12.1 Å². The van der Waals surface area contributed by atoms with Crippen molar-refractivity contribution in [2.45, 2.75) is 13.3 Å². The second kappa shape index (κ2) is 7.24. The third-order valence-electron chi connectivity index (χ3n) is 3.09. The van der Waals surface area contributed by atoms with Crippen molar-refractivity contribution >= 4 is 23.5 Å². The molecule has 0 aliphatic carbocycles. The standard InChI is InChI=1S/C17H18N2O2/c1-2-13-18-17-6-4-3-5-15(17)10-7-14-8-11-16(12-9-14)19(20)21/h3-12,18H,2,13H2,1H3. The van der Waals surface area contributed by atoms with Crippen molar-refractivity contribution in [2.75, 3.05) is 11.9 Å². The van der Waals surface area contributed by atoms with E-state index in [9.17, 15) is 10.1 Å². The van der Waals surface area contributed by atoms with E-state index in [1.807, 2.05) is 36.4 Å². The molecule has 4 nitrogen and oxygen atoms in total. The summed E-state index contributed by atoms with van der Waals surface area (Å²) in [5, 5.41) is 14.0. The molecular formula is C17H18N2O2. The van der Waals surface area contributed by atoms with Crippen LogP contribution in [0.4, 0.5) is 11.4 Å². The van der Waals surface area contributed by atoms with Crippen molar-refractivity contribution in [3.8, 4) is 0 Å². The van der Waals surface area contributed by atoms with Crippen molar-refractivity contribution in [1.29, 1.82) is 0 Å². The Balaban J connectivity index is 2.15.